The van der Waals surface area contributed by atoms with Crippen LogP contribution in [0.4, 0.5) is 0 Å². The molecule has 0 heterocycles. The molecule has 1 heteroatoms. The number of hydrogen-bond donors (Lipinski definition) is 0. The van der Waals surface area contributed by atoms with Crippen molar-refractivity contribution in [3.63, 3.8) is 0 Å². The first kappa shape index (κ1) is 4.10. The van der Waals surface area contributed by atoms with Gasteiger partial charge in [-0.25, -0.2) is 0 Å². The molecule has 0 amide bonds. The lowest BCUT2D eigenvalue weighted by atomic mass is 10.4. The molecule has 0 radical (unpaired) electrons. The van der Waals surface area contributed by atoms with E-state index in [1.807, 2.05) is 0 Å². The fourth-order valence-corrected chi connectivity index (χ4v) is 4.20. The molecule has 2 aliphatic rings. The van der Waals surface area contributed by atoms with Crippen LogP contribution in [0, 0.1) is 5.89 Å². The van der Waals surface area contributed by atoms with Gasteiger partial charge in [0.15, 0.2) is 0 Å². The lowest BCUT2D eigenvalue weighted by Crippen LogP contribution is -2.23. The van der Waals surface area contributed by atoms with E-state index in [2.05, 4.69) is 19.6 Å². The van der Waals surface area contributed by atoms with Gasteiger partial charge in [-0.2, -0.15) is 0 Å². The highest BCUT2D eigenvalue weighted by atomic mass is 28.3. The molecule has 2 fully saturated rings. The molecule has 0 nitrogen and oxygen atoms in total. The van der Waals surface area contributed by atoms with Crippen molar-refractivity contribution in [2.75, 3.05) is 0 Å². The van der Waals surface area contributed by atoms with Gasteiger partial charge in [0.25, 0.3) is 0 Å². The Kier molecular flexibility index (Phi) is 0.482. The molecule has 0 aromatic heterocycles. The SMILES string of the molecule is [2H]C12CC1([Si](C)(C)C)C2. The zero-order valence-electron chi connectivity index (χ0n) is 6.91. The summed E-state index contributed by atoms with van der Waals surface area (Å²) in [6, 6.07) is 0. The predicted molar refractivity (Wildman–Crippen MR) is 38.8 cm³/mol. The molecule has 0 aromatic carbocycles. The van der Waals surface area contributed by atoms with Crippen molar-refractivity contribution in [1.82, 2.24) is 0 Å². The molecule has 2 rings (SSSR count). The largest absolute Gasteiger partial charge is 0.0691 e. The smallest absolute Gasteiger partial charge is 0.0509 e. The Morgan fingerprint density at radius 2 is 1.88 bits per heavy atom. The third kappa shape index (κ3) is 0.376. The van der Waals surface area contributed by atoms with Crippen molar-refractivity contribution in [2.24, 2.45) is 5.89 Å². The summed E-state index contributed by atoms with van der Waals surface area (Å²) in [6.45, 7) is 7.20. The fraction of sp³-hybridized carbons (Fsp3) is 1.00. The zero-order valence-corrected chi connectivity index (χ0v) is 6.91. The van der Waals surface area contributed by atoms with Crippen molar-refractivity contribution < 1.29 is 1.37 Å². The molecule has 0 unspecified atom stereocenters. The van der Waals surface area contributed by atoms with E-state index in [0.29, 0.717) is 5.04 Å². The summed E-state index contributed by atoms with van der Waals surface area (Å²) >= 11 is 0. The molecule has 0 saturated heterocycles. The Morgan fingerprint density at radius 3 is 1.88 bits per heavy atom. The quantitative estimate of drug-likeness (QED) is 0.475. The van der Waals surface area contributed by atoms with Crippen LogP contribution in [0.2, 0.25) is 24.7 Å². The molecular formula is C7H14Si. The molecule has 0 atom stereocenters. The van der Waals surface area contributed by atoms with Crippen molar-refractivity contribution in [1.29, 1.82) is 0 Å². The molecule has 0 aromatic rings. The lowest BCUT2D eigenvalue weighted by Gasteiger charge is -2.19. The van der Waals surface area contributed by atoms with Gasteiger partial charge in [-0.05, 0) is 23.8 Å². The topological polar surface area (TPSA) is 0 Å². The van der Waals surface area contributed by atoms with Crippen LogP contribution < -0.4 is 0 Å². The monoisotopic (exact) mass is 127 g/mol. The van der Waals surface area contributed by atoms with Crippen LogP contribution in [0.5, 0.6) is 0 Å². The van der Waals surface area contributed by atoms with E-state index in [9.17, 15) is 0 Å². The Hall–Kier alpha value is 0.217. The predicted octanol–water partition coefficient (Wildman–Crippen LogP) is 2.49. The number of hydrogen-bond acceptors (Lipinski definition) is 0. The van der Waals surface area contributed by atoms with Gasteiger partial charge in [-0.15, -0.1) is 0 Å². The van der Waals surface area contributed by atoms with Gasteiger partial charge in [0.2, 0.25) is 0 Å². The maximum absolute atomic E-state index is 7.76. The summed E-state index contributed by atoms with van der Waals surface area (Å²) in [5, 5.41) is 0.597. The Bertz CT molecular complexity index is 162. The first-order valence-electron chi connectivity index (χ1n) is 3.91. The number of rotatable bonds is 1. The minimum Gasteiger partial charge on any atom is -0.0691 e. The van der Waals surface area contributed by atoms with E-state index in [1.54, 1.807) is 0 Å². The van der Waals surface area contributed by atoms with Gasteiger partial charge in [-0.3, -0.25) is 0 Å². The first-order valence-corrected chi connectivity index (χ1v) is 6.91. The molecule has 0 N–H and O–H groups in total. The highest BCUT2D eigenvalue weighted by Gasteiger charge is 2.74. The fourth-order valence-electron chi connectivity index (χ4n) is 1.65. The van der Waals surface area contributed by atoms with Gasteiger partial charge in [-0.1, -0.05) is 19.6 Å². The van der Waals surface area contributed by atoms with Crippen molar-refractivity contribution in [3.05, 3.63) is 0 Å². The zero-order chi connectivity index (χ0) is 6.91. The second kappa shape index (κ2) is 0.941. The van der Waals surface area contributed by atoms with Gasteiger partial charge in [0.1, 0.15) is 0 Å². The highest BCUT2D eigenvalue weighted by molar-refractivity contribution is 6.81. The molecule has 0 spiro atoms. The molecule has 46 valence electrons. The van der Waals surface area contributed by atoms with E-state index >= 15 is 0 Å². The Morgan fingerprint density at radius 1 is 1.50 bits per heavy atom. The van der Waals surface area contributed by atoms with Crippen molar-refractivity contribution in [2.45, 2.75) is 37.5 Å². The molecular weight excluding hydrogens is 112 g/mol. The van der Waals surface area contributed by atoms with Crippen LogP contribution in [-0.2, 0) is 0 Å². The maximum Gasteiger partial charge on any atom is 0.0509 e. The van der Waals surface area contributed by atoms with Crippen LogP contribution in [-0.4, -0.2) is 8.07 Å². The van der Waals surface area contributed by atoms with Crippen molar-refractivity contribution >= 4 is 8.07 Å². The van der Waals surface area contributed by atoms with Gasteiger partial charge in [0.05, 0.1) is 8.07 Å². The molecule has 0 bridgehead atoms. The minimum atomic E-state index is -0.933. The van der Waals surface area contributed by atoms with Crippen LogP contribution >= 0.6 is 0 Å². The van der Waals surface area contributed by atoms with Crippen LogP contribution in [0.3, 0.4) is 0 Å². The average Bonchev–Trinajstić information content (AvgIpc) is 2.17. The molecule has 8 heavy (non-hydrogen) atoms. The normalized spacial score (nSPS) is 61.6. The lowest BCUT2D eigenvalue weighted by molar-refractivity contribution is 0.904. The maximum atomic E-state index is 7.76. The summed E-state index contributed by atoms with van der Waals surface area (Å²) in [5.74, 6) is 0.109. The average molecular weight is 127 g/mol. The van der Waals surface area contributed by atoms with E-state index in [-0.39, 0.29) is 5.89 Å². The molecule has 2 aliphatic carbocycles. The summed E-state index contributed by atoms with van der Waals surface area (Å²) in [7, 11) is -0.933. The van der Waals surface area contributed by atoms with E-state index < -0.39 is 8.07 Å². The standard InChI is InChI=1S/C7H14Si/c1-8(2,3)7-4-6(7)5-7/h6H,4-5H2,1-3H3/i6D. The minimum absolute atomic E-state index is 0.109. The molecule has 2 saturated carbocycles. The van der Waals surface area contributed by atoms with Crippen LogP contribution in [0.1, 0.15) is 14.2 Å². The number of fused-ring (bicyclic) bond motifs is 1. The summed E-state index contributed by atoms with van der Waals surface area (Å²) in [5.41, 5.74) is 0. The van der Waals surface area contributed by atoms with Crippen molar-refractivity contribution in [3.8, 4) is 0 Å². The molecule has 0 aliphatic heterocycles. The van der Waals surface area contributed by atoms with Gasteiger partial charge >= 0.3 is 0 Å². The summed E-state index contributed by atoms with van der Waals surface area (Å²) in [4.78, 5) is 0. The van der Waals surface area contributed by atoms with E-state index in [4.69, 9.17) is 1.37 Å². The van der Waals surface area contributed by atoms with Crippen LogP contribution in [0.15, 0.2) is 0 Å². The summed E-state index contributed by atoms with van der Waals surface area (Å²) < 4.78 is 7.76. The highest BCUT2D eigenvalue weighted by Crippen LogP contribution is 2.86. The second-order valence-corrected chi connectivity index (χ2v) is 9.75. The van der Waals surface area contributed by atoms with Gasteiger partial charge < -0.3 is 0 Å². The van der Waals surface area contributed by atoms with Gasteiger partial charge in [0, 0.05) is 1.37 Å². The third-order valence-corrected chi connectivity index (χ3v) is 6.47. The first-order chi connectivity index (χ1) is 3.91. The van der Waals surface area contributed by atoms with Crippen LogP contribution in [0.25, 0.3) is 0 Å². The Balaban J connectivity index is 2.20. The van der Waals surface area contributed by atoms with E-state index in [0.717, 1.165) is 0 Å². The summed E-state index contributed by atoms with van der Waals surface area (Å²) in [6.07, 6.45) is 2.46. The van der Waals surface area contributed by atoms with E-state index in [1.165, 1.54) is 12.8 Å². The third-order valence-electron chi connectivity index (χ3n) is 2.89. The second-order valence-electron chi connectivity index (χ2n) is 4.29. The Labute approximate surface area is 53.7 Å².